The molecule has 0 atom stereocenters. The molecule has 5 rings (SSSR count). The summed E-state index contributed by atoms with van der Waals surface area (Å²) in [6.45, 7) is 4.56. The highest BCUT2D eigenvalue weighted by atomic mass is 32.1. The van der Waals surface area contributed by atoms with E-state index in [-0.39, 0.29) is 0 Å². The molecule has 4 aromatic rings. The van der Waals surface area contributed by atoms with Crippen LogP contribution in [-0.4, -0.2) is 34.4 Å². The van der Waals surface area contributed by atoms with Crippen molar-refractivity contribution in [3.05, 3.63) is 70.7 Å². The van der Waals surface area contributed by atoms with Gasteiger partial charge in [-0.2, -0.15) is 11.3 Å². The Morgan fingerprint density at radius 2 is 1.79 bits per heavy atom. The summed E-state index contributed by atoms with van der Waals surface area (Å²) in [6.07, 6.45) is 6.66. The van der Waals surface area contributed by atoms with Crippen LogP contribution in [0.15, 0.2) is 59.6 Å². The lowest BCUT2D eigenvalue weighted by Crippen LogP contribution is -2.29. The third-order valence-electron chi connectivity index (χ3n) is 6.08. The van der Waals surface area contributed by atoms with Crippen LogP contribution in [0.3, 0.4) is 0 Å². The second-order valence-corrected chi connectivity index (χ2v) is 8.70. The lowest BCUT2D eigenvalue weighted by Gasteiger charge is -2.29. The predicted octanol–water partition coefficient (Wildman–Crippen LogP) is 5.85. The number of aromatic nitrogens is 2. The second kappa shape index (κ2) is 7.19. The van der Waals surface area contributed by atoms with Gasteiger partial charge >= 0.3 is 0 Å². The summed E-state index contributed by atoms with van der Waals surface area (Å²) in [7, 11) is 2.22. The van der Waals surface area contributed by atoms with Crippen LogP contribution in [0.1, 0.15) is 29.9 Å². The minimum Gasteiger partial charge on any atom is -0.306 e. The fraction of sp³-hybridized carbons (Fsp3) is 0.292. The Morgan fingerprint density at radius 1 is 1.00 bits per heavy atom. The Balaban J connectivity index is 1.43. The third-order valence-corrected chi connectivity index (χ3v) is 6.94. The number of likely N-dealkylation sites (tertiary alicyclic amines) is 1. The van der Waals surface area contributed by atoms with Gasteiger partial charge in [-0.3, -0.25) is 4.40 Å². The molecule has 142 valence electrons. The lowest BCUT2D eigenvalue weighted by molar-refractivity contribution is 0.255. The van der Waals surface area contributed by atoms with Crippen LogP contribution in [0.25, 0.3) is 28.0 Å². The molecule has 1 fully saturated rings. The number of pyridine rings is 1. The van der Waals surface area contributed by atoms with E-state index in [9.17, 15) is 0 Å². The van der Waals surface area contributed by atoms with Gasteiger partial charge in [0.25, 0.3) is 0 Å². The molecule has 1 aliphatic heterocycles. The zero-order valence-electron chi connectivity index (χ0n) is 16.4. The van der Waals surface area contributed by atoms with Crippen molar-refractivity contribution in [1.82, 2.24) is 14.3 Å². The van der Waals surface area contributed by atoms with Gasteiger partial charge in [0, 0.05) is 17.1 Å². The molecule has 0 N–H and O–H groups in total. The summed E-state index contributed by atoms with van der Waals surface area (Å²) in [6, 6.07) is 13.6. The smallest absolute Gasteiger partial charge is 0.137 e. The summed E-state index contributed by atoms with van der Waals surface area (Å²) >= 11 is 1.74. The van der Waals surface area contributed by atoms with Gasteiger partial charge in [0.2, 0.25) is 0 Å². The van der Waals surface area contributed by atoms with E-state index in [2.05, 4.69) is 81.6 Å². The minimum atomic E-state index is 0.705. The van der Waals surface area contributed by atoms with Crippen molar-refractivity contribution >= 4 is 17.0 Å². The number of piperidine rings is 1. The van der Waals surface area contributed by atoms with E-state index < -0.39 is 0 Å². The topological polar surface area (TPSA) is 20.5 Å². The number of fused-ring (bicyclic) bond motifs is 1. The number of imidazole rings is 1. The molecule has 0 spiro atoms. The highest BCUT2D eigenvalue weighted by Gasteiger charge is 2.18. The predicted molar refractivity (Wildman–Crippen MR) is 118 cm³/mol. The average molecular weight is 388 g/mol. The number of hydrogen-bond acceptors (Lipinski definition) is 3. The van der Waals surface area contributed by atoms with Crippen molar-refractivity contribution in [1.29, 1.82) is 0 Å². The third kappa shape index (κ3) is 3.17. The molecule has 0 saturated carbocycles. The zero-order chi connectivity index (χ0) is 19.1. The summed E-state index contributed by atoms with van der Waals surface area (Å²) in [5.41, 5.74) is 8.70. The van der Waals surface area contributed by atoms with Gasteiger partial charge in [0.05, 0.1) is 11.9 Å². The van der Waals surface area contributed by atoms with Gasteiger partial charge in [0.1, 0.15) is 5.65 Å². The summed E-state index contributed by atoms with van der Waals surface area (Å²) in [5, 5.41) is 4.39. The normalized spacial score (nSPS) is 16.1. The Morgan fingerprint density at radius 3 is 2.50 bits per heavy atom. The van der Waals surface area contributed by atoms with Gasteiger partial charge in [-0.1, -0.05) is 24.3 Å². The molecule has 0 aliphatic carbocycles. The number of nitrogens with zero attached hydrogens (tertiary/aromatic N) is 3. The molecule has 1 aromatic carbocycles. The molecular weight excluding hydrogens is 362 g/mol. The van der Waals surface area contributed by atoms with E-state index in [1.807, 2.05) is 6.20 Å². The lowest BCUT2D eigenvalue weighted by atomic mass is 9.89. The zero-order valence-corrected chi connectivity index (χ0v) is 17.2. The highest BCUT2D eigenvalue weighted by Crippen LogP contribution is 2.31. The fourth-order valence-corrected chi connectivity index (χ4v) is 5.11. The minimum absolute atomic E-state index is 0.705. The Kier molecular flexibility index (Phi) is 4.53. The highest BCUT2D eigenvalue weighted by molar-refractivity contribution is 7.08. The van der Waals surface area contributed by atoms with Crippen molar-refractivity contribution < 1.29 is 0 Å². The van der Waals surface area contributed by atoms with Gasteiger partial charge in [-0.15, -0.1) is 0 Å². The van der Waals surface area contributed by atoms with E-state index in [1.165, 1.54) is 53.7 Å². The van der Waals surface area contributed by atoms with Crippen molar-refractivity contribution in [2.75, 3.05) is 20.1 Å². The van der Waals surface area contributed by atoms with E-state index in [0.29, 0.717) is 5.92 Å². The first kappa shape index (κ1) is 17.7. The van der Waals surface area contributed by atoms with Gasteiger partial charge in [-0.25, -0.2) is 4.98 Å². The number of benzene rings is 1. The van der Waals surface area contributed by atoms with Crippen LogP contribution in [-0.2, 0) is 0 Å². The maximum Gasteiger partial charge on any atom is 0.137 e. The summed E-state index contributed by atoms with van der Waals surface area (Å²) in [5.74, 6) is 0.705. The molecule has 0 amide bonds. The van der Waals surface area contributed by atoms with Gasteiger partial charge in [0.15, 0.2) is 0 Å². The SMILES string of the molecule is Cc1cscc1-c1cnc2cc(-c3ccc(C4CCN(C)CC4)cc3)ccn12. The van der Waals surface area contributed by atoms with E-state index >= 15 is 0 Å². The van der Waals surface area contributed by atoms with E-state index in [1.54, 1.807) is 11.3 Å². The standard InChI is InChI=1S/C24H25N3S/c1-17-15-28-16-22(17)23-14-25-24-13-21(9-12-27(23)24)19-5-3-18(4-6-19)20-7-10-26(2)11-8-20/h3-6,9,12-16,20H,7-8,10-11H2,1-2H3. The molecule has 0 bridgehead atoms. The average Bonchev–Trinajstić information content (AvgIpc) is 3.34. The molecule has 0 radical (unpaired) electrons. The van der Waals surface area contributed by atoms with Crippen LogP contribution in [0, 0.1) is 6.92 Å². The van der Waals surface area contributed by atoms with Gasteiger partial charge < -0.3 is 4.90 Å². The van der Waals surface area contributed by atoms with Crippen LogP contribution < -0.4 is 0 Å². The molecule has 3 aromatic heterocycles. The molecule has 3 nitrogen and oxygen atoms in total. The Labute approximate surface area is 170 Å². The Hall–Kier alpha value is -2.43. The Bertz CT molecular complexity index is 1100. The monoisotopic (exact) mass is 387 g/mol. The van der Waals surface area contributed by atoms with Crippen LogP contribution in [0.4, 0.5) is 0 Å². The first-order valence-electron chi connectivity index (χ1n) is 9.98. The van der Waals surface area contributed by atoms with Crippen LogP contribution >= 0.6 is 11.3 Å². The number of hydrogen-bond donors (Lipinski definition) is 0. The molecule has 1 aliphatic rings. The molecule has 0 unspecified atom stereocenters. The molecule has 4 heterocycles. The van der Waals surface area contributed by atoms with Crippen molar-refractivity contribution in [3.63, 3.8) is 0 Å². The van der Waals surface area contributed by atoms with Gasteiger partial charge in [-0.05, 0) is 85.6 Å². The largest absolute Gasteiger partial charge is 0.306 e. The maximum atomic E-state index is 4.66. The second-order valence-electron chi connectivity index (χ2n) is 7.96. The van der Waals surface area contributed by atoms with Crippen molar-refractivity contribution in [2.45, 2.75) is 25.7 Å². The van der Waals surface area contributed by atoms with E-state index in [0.717, 1.165) is 11.3 Å². The quantitative estimate of drug-likeness (QED) is 0.440. The molecule has 4 heteroatoms. The van der Waals surface area contributed by atoms with Crippen LogP contribution in [0.2, 0.25) is 0 Å². The van der Waals surface area contributed by atoms with E-state index in [4.69, 9.17) is 0 Å². The number of aryl methyl sites for hydroxylation is 1. The summed E-state index contributed by atoms with van der Waals surface area (Å²) < 4.78 is 2.19. The van der Waals surface area contributed by atoms with Crippen LogP contribution in [0.5, 0.6) is 0 Å². The molecular formula is C24H25N3S. The summed E-state index contributed by atoms with van der Waals surface area (Å²) in [4.78, 5) is 7.09. The molecule has 1 saturated heterocycles. The first-order chi connectivity index (χ1) is 13.7. The van der Waals surface area contributed by atoms with Crippen molar-refractivity contribution in [3.8, 4) is 22.4 Å². The van der Waals surface area contributed by atoms with Crippen molar-refractivity contribution in [2.24, 2.45) is 0 Å². The maximum absolute atomic E-state index is 4.66. The first-order valence-corrected chi connectivity index (χ1v) is 10.9. The number of rotatable bonds is 3. The molecule has 28 heavy (non-hydrogen) atoms. The fourth-order valence-electron chi connectivity index (χ4n) is 4.27. The number of thiophene rings is 1.